The Labute approximate surface area is 136 Å². The van der Waals surface area contributed by atoms with Crippen LogP contribution in [0.3, 0.4) is 0 Å². The first-order chi connectivity index (χ1) is 10.9. The van der Waals surface area contributed by atoms with E-state index in [9.17, 15) is 9.59 Å². The van der Waals surface area contributed by atoms with Crippen LogP contribution in [0, 0.1) is 0 Å². The van der Waals surface area contributed by atoms with Crippen LogP contribution >= 0.6 is 11.8 Å². The number of hydrogen-bond donors (Lipinski definition) is 4. The summed E-state index contributed by atoms with van der Waals surface area (Å²) in [4.78, 5) is 30.6. The van der Waals surface area contributed by atoms with Crippen LogP contribution in [-0.2, 0) is 4.79 Å². The Morgan fingerprint density at radius 2 is 1.74 bits per heavy atom. The quantitative estimate of drug-likeness (QED) is 0.459. The molecule has 6 N–H and O–H groups in total. The Morgan fingerprint density at radius 1 is 1.13 bits per heavy atom. The molecule has 120 valence electrons. The fraction of sp³-hybridized carbons (Fsp3) is 0.143. The first kappa shape index (κ1) is 16.6. The topological polar surface area (TPSA) is 144 Å². The van der Waals surface area contributed by atoms with E-state index in [1.807, 2.05) is 0 Å². The second kappa shape index (κ2) is 7.45. The van der Waals surface area contributed by atoms with E-state index in [4.69, 9.17) is 16.6 Å². The van der Waals surface area contributed by atoms with Crippen molar-refractivity contribution in [3.8, 4) is 0 Å². The van der Waals surface area contributed by atoms with E-state index in [-0.39, 0.29) is 29.5 Å². The normalized spacial score (nSPS) is 10.3. The molecule has 0 unspecified atom stereocenters. The smallest absolute Gasteiger partial charge is 0.335 e. The molecule has 1 aromatic heterocycles. The minimum atomic E-state index is -1.01. The summed E-state index contributed by atoms with van der Waals surface area (Å²) in [5.74, 6) is -0.189. The maximum atomic E-state index is 11.8. The summed E-state index contributed by atoms with van der Waals surface area (Å²) in [6.07, 6.45) is 0.239. The Kier molecular flexibility index (Phi) is 5.36. The number of anilines is 3. The van der Waals surface area contributed by atoms with E-state index in [0.29, 0.717) is 16.6 Å². The van der Waals surface area contributed by atoms with Crippen molar-refractivity contribution in [2.75, 3.05) is 22.5 Å². The van der Waals surface area contributed by atoms with Crippen LogP contribution in [0.5, 0.6) is 0 Å². The average Bonchev–Trinajstić information content (AvgIpc) is 2.46. The minimum absolute atomic E-state index is 0.162. The molecule has 8 nitrogen and oxygen atoms in total. The van der Waals surface area contributed by atoms with Gasteiger partial charge in [-0.15, -0.1) is 0 Å². The summed E-state index contributed by atoms with van der Waals surface area (Å²) in [5.41, 5.74) is 11.8. The Morgan fingerprint density at radius 3 is 2.30 bits per heavy atom. The highest BCUT2D eigenvalue weighted by Gasteiger charge is 2.07. The van der Waals surface area contributed by atoms with E-state index < -0.39 is 5.97 Å². The molecule has 0 aliphatic carbocycles. The number of aromatic carboxylic acids is 1. The van der Waals surface area contributed by atoms with E-state index in [0.717, 1.165) is 0 Å². The first-order valence-corrected chi connectivity index (χ1v) is 7.58. The van der Waals surface area contributed by atoms with Crippen LogP contribution in [0.2, 0.25) is 0 Å². The number of carboxylic acid groups (broad SMARTS) is 1. The molecule has 1 heterocycles. The van der Waals surface area contributed by atoms with Gasteiger partial charge in [-0.1, -0.05) is 11.8 Å². The Hall–Kier alpha value is -2.81. The van der Waals surface area contributed by atoms with Crippen molar-refractivity contribution in [2.45, 2.75) is 11.6 Å². The lowest BCUT2D eigenvalue weighted by molar-refractivity contribution is -0.115. The van der Waals surface area contributed by atoms with Gasteiger partial charge in [0, 0.05) is 23.9 Å². The van der Waals surface area contributed by atoms with Crippen molar-refractivity contribution in [3.05, 3.63) is 35.9 Å². The van der Waals surface area contributed by atoms with Crippen molar-refractivity contribution in [1.29, 1.82) is 0 Å². The van der Waals surface area contributed by atoms with Crippen LogP contribution in [-0.4, -0.2) is 32.7 Å². The summed E-state index contributed by atoms with van der Waals surface area (Å²) >= 11 is 1.27. The number of hydrogen-bond acceptors (Lipinski definition) is 7. The SMILES string of the molecule is Nc1cc(N)nc(SCCC(=O)Nc2ccc(C(=O)O)cc2)n1. The van der Waals surface area contributed by atoms with Gasteiger partial charge in [0.25, 0.3) is 0 Å². The number of benzene rings is 1. The molecule has 9 heteroatoms. The van der Waals surface area contributed by atoms with E-state index in [1.54, 1.807) is 0 Å². The monoisotopic (exact) mass is 333 g/mol. The third-order valence-electron chi connectivity index (χ3n) is 2.72. The predicted octanol–water partition coefficient (Wildman–Crippen LogP) is 1.46. The van der Waals surface area contributed by atoms with E-state index >= 15 is 0 Å². The molecule has 1 aromatic carbocycles. The maximum absolute atomic E-state index is 11.8. The highest BCUT2D eigenvalue weighted by Crippen LogP contribution is 2.17. The molecular formula is C14H15N5O3S. The number of carbonyl (C=O) groups is 2. The number of aromatic nitrogens is 2. The number of thioether (sulfide) groups is 1. The highest BCUT2D eigenvalue weighted by molar-refractivity contribution is 7.99. The predicted molar refractivity (Wildman–Crippen MR) is 88.2 cm³/mol. The molecule has 1 amide bonds. The zero-order chi connectivity index (χ0) is 16.8. The maximum Gasteiger partial charge on any atom is 0.335 e. The molecule has 0 aliphatic rings. The van der Waals surface area contributed by atoms with Crippen molar-refractivity contribution < 1.29 is 14.7 Å². The van der Waals surface area contributed by atoms with Crippen LogP contribution in [0.4, 0.5) is 17.3 Å². The summed E-state index contributed by atoms with van der Waals surface area (Å²) in [6.45, 7) is 0. The molecule has 0 aliphatic heterocycles. The third-order valence-corrected chi connectivity index (χ3v) is 3.57. The molecular weight excluding hydrogens is 318 g/mol. The lowest BCUT2D eigenvalue weighted by Gasteiger charge is -2.06. The number of nitrogens with one attached hydrogen (secondary N) is 1. The van der Waals surface area contributed by atoms with Gasteiger partial charge in [0.15, 0.2) is 5.16 Å². The zero-order valence-corrected chi connectivity index (χ0v) is 12.8. The molecule has 0 bridgehead atoms. The standard InChI is InChI=1S/C14H15N5O3S/c15-10-7-11(16)19-14(18-10)23-6-5-12(20)17-9-3-1-8(2-4-9)13(21)22/h1-4,7H,5-6H2,(H,17,20)(H,21,22)(H4,15,16,18,19). The second-order valence-corrected chi connectivity index (χ2v) is 5.59. The number of nitrogens with zero attached hydrogens (tertiary/aromatic N) is 2. The van der Waals surface area contributed by atoms with Crippen LogP contribution < -0.4 is 16.8 Å². The van der Waals surface area contributed by atoms with E-state index in [1.165, 1.54) is 42.1 Å². The Balaban J connectivity index is 1.81. The number of amides is 1. The molecule has 2 rings (SSSR count). The number of rotatable bonds is 6. The minimum Gasteiger partial charge on any atom is -0.478 e. The molecule has 0 saturated heterocycles. The molecule has 0 saturated carbocycles. The van der Waals surface area contributed by atoms with Gasteiger partial charge in [-0.2, -0.15) is 0 Å². The molecule has 0 fully saturated rings. The van der Waals surface area contributed by atoms with E-state index in [2.05, 4.69) is 15.3 Å². The van der Waals surface area contributed by atoms with Crippen LogP contribution in [0.1, 0.15) is 16.8 Å². The molecule has 0 atom stereocenters. The average molecular weight is 333 g/mol. The van der Waals surface area contributed by atoms with Gasteiger partial charge in [-0.05, 0) is 24.3 Å². The lowest BCUT2D eigenvalue weighted by atomic mass is 10.2. The Bertz CT molecular complexity index is 701. The van der Waals surface area contributed by atoms with Gasteiger partial charge in [0.1, 0.15) is 11.6 Å². The zero-order valence-electron chi connectivity index (χ0n) is 12.0. The fourth-order valence-electron chi connectivity index (χ4n) is 1.68. The van der Waals surface area contributed by atoms with Crippen molar-refractivity contribution in [1.82, 2.24) is 9.97 Å². The number of nitrogens with two attached hydrogens (primary N) is 2. The summed E-state index contributed by atoms with van der Waals surface area (Å²) < 4.78 is 0. The van der Waals surface area contributed by atoms with Gasteiger partial charge in [0.05, 0.1) is 5.56 Å². The third kappa shape index (κ3) is 5.15. The van der Waals surface area contributed by atoms with Gasteiger partial charge in [0.2, 0.25) is 5.91 Å². The lowest BCUT2D eigenvalue weighted by Crippen LogP contribution is -2.12. The molecule has 2 aromatic rings. The van der Waals surface area contributed by atoms with Gasteiger partial charge < -0.3 is 21.9 Å². The number of carboxylic acids is 1. The molecule has 0 spiro atoms. The van der Waals surface area contributed by atoms with Crippen molar-refractivity contribution in [2.24, 2.45) is 0 Å². The van der Waals surface area contributed by atoms with Crippen LogP contribution in [0.25, 0.3) is 0 Å². The van der Waals surface area contributed by atoms with Gasteiger partial charge in [-0.25, -0.2) is 14.8 Å². The summed E-state index contributed by atoms with van der Waals surface area (Å²) in [6, 6.07) is 7.38. The largest absolute Gasteiger partial charge is 0.478 e. The number of nitrogen functional groups attached to an aromatic ring is 2. The number of carbonyl (C=O) groups excluding carboxylic acids is 1. The highest BCUT2D eigenvalue weighted by atomic mass is 32.2. The summed E-state index contributed by atoms with van der Waals surface area (Å²) in [7, 11) is 0. The van der Waals surface area contributed by atoms with Crippen LogP contribution in [0.15, 0.2) is 35.5 Å². The second-order valence-electron chi connectivity index (χ2n) is 4.53. The fourth-order valence-corrected chi connectivity index (χ4v) is 2.49. The first-order valence-electron chi connectivity index (χ1n) is 6.60. The van der Waals surface area contributed by atoms with Gasteiger partial charge >= 0.3 is 5.97 Å². The molecule has 0 radical (unpaired) electrons. The van der Waals surface area contributed by atoms with Gasteiger partial charge in [-0.3, -0.25) is 4.79 Å². The summed E-state index contributed by atoms with van der Waals surface area (Å²) in [5, 5.41) is 11.9. The van der Waals surface area contributed by atoms with Crippen molar-refractivity contribution in [3.63, 3.8) is 0 Å². The van der Waals surface area contributed by atoms with Crippen molar-refractivity contribution >= 4 is 41.0 Å². The molecule has 23 heavy (non-hydrogen) atoms.